The van der Waals surface area contributed by atoms with E-state index in [4.69, 9.17) is 38.5 Å². The van der Waals surface area contributed by atoms with Crippen molar-refractivity contribution < 1.29 is 48.7 Å². The first kappa shape index (κ1) is 40.4. The SMILES string of the molecule is Cc1cccc(C)c1-c1c(O)c(-c2c(C)cccc2C)c(-c2c(C)cccc2C)c(O)c1-c1c(C)cccc1C.O=P(O)(O)O.O=P(O)(O)O. The zero-order chi connectivity index (χ0) is 37.9. The molecule has 0 amide bonds. The quantitative estimate of drug-likeness (QED) is 0.0659. The normalized spacial score (nSPS) is 11.3. The molecule has 0 saturated carbocycles. The van der Waals surface area contributed by atoms with Crippen molar-refractivity contribution in [2.24, 2.45) is 0 Å². The average molecular weight is 723 g/mol. The minimum atomic E-state index is -4.64. The molecule has 0 aliphatic rings. The summed E-state index contributed by atoms with van der Waals surface area (Å²) < 4.78 is 17.8. The van der Waals surface area contributed by atoms with Crippen LogP contribution in [-0.2, 0) is 9.13 Å². The fourth-order valence-electron chi connectivity index (χ4n) is 6.53. The fraction of sp³-hybridized carbons (Fsp3) is 0.211. The molecule has 12 heteroatoms. The Morgan fingerprint density at radius 2 is 0.440 bits per heavy atom. The second kappa shape index (κ2) is 15.9. The predicted molar refractivity (Wildman–Crippen MR) is 198 cm³/mol. The minimum Gasteiger partial charge on any atom is -0.507 e. The Morgan fingerprint density at radius 1 is 0.320 bits per heavy atom. The van der Waals surface area contributed by atoms with Gasteiger partial charge in [0.05, 0.1) is 0 Å². The standard InChI is InChI=1S/C38H38O2.2H3O4P/c1-21-13-9-14-22(2)29(21)33-34(30-23(3)15-10-16-24(30)4)38(40)36(32-27(7)19-12-20-28(32)8)35(37(33)39)31-25(5)17-11-18-26(31)6;2*1-5(2,3)4/h9-20,39-40H,1-8H3;2*(H3,1,2,3,4). The number of phosphoric acid groups is 2. The maximum Gasteiger partial charge on any atom is 0.466 e. The molecule has 0 atom stereocenters. The molecule has 5 aromatic rings. The topological polar surface area (TPSA) is 196 Å². The molecule has 0 fully saturated rings. The molecule has 266 valence electrons. The van der Waals surface area contributed by atoms with Crippen molar-refractivity contribution in [3.05, 3.63) is 117 Å². The van der Waals surface area contributed by atoms with Crippen molar-refractivity contribution in [1.82, 2.24) is 0 Å². The van der Waals surface area contributed by atoms with E-state index in [2.05, 4.69) is 104 Å². The van der Waals surface area contributed by atoms with Gasteiger partial charge in [0.1, 0.15) is 11.5 Å². The molecule has 0 aliphatic carbocycles. The largest absolute Gasteiger partial charge is 0.507 e. The molecule has 0 aliphatic heterocycles. The Labute approximate surface area is 292 Å². The third-order valence-corrected chi connectivity index (χ3v) is 8.37. The Balaban J connectivity index is 0.000000595. The fourth-order valence-corrected chi connectivity index (χ4v) is 6.53. The molecule has 8 N–H and O–H groups in total. The van der Waals surface area contributed by atoms with E-state index in [-0.39, 0.29) is 11.5 Å². The number of benzene rings is 5. The Morgan fingerprint density at radius 3 is 0.560 bits per heavy atom. The van der Waals surface area contributed by atoms with Gasteiger partial charge in [-0.2, -0.15) is 0 Å². The second-order valence-electron chi connectivity index (χ2n) is 12.3. The van der Waals surface area contributed by atoms with Crippen LogP contribution in [0.4, 0.5) is 0 Å². The van der Waals surface area contributed by atoms with Gasteiger partial charge in [-0.3, -0.25) is 0 Å². The zero-order valence-electron chi connectivity index (χ0n) is 29.2. The number of aryl methyl sites for hydroxylation is 8. The van der Waals surface area contributed by atoms with Crippen molar-refractivity contribution in [2.45, 2.75) is 55.4 Å². The second-order valence-corrected chi connectivity index (χ2v) is 14.3. The molecular formula is C38H44O10P2. The van der Waals surface area contributed by atoms with Gasteiger partial charge in [-0.05, 0) is 122 Å². The van der Waals surface area contributed by atoms with E-state index in [0.29, 0.717) is 22.3 Å². The van der Waals surface area contributed by atoms with Gasteiger partial charge in [-0.25, -0.2) is 9.13 Å². The molecule has 5 rings (SSSR count). The van der Waals surface area contributed by atoms with E-state index in [0.717, 1.165) is 66.8 Å². The maximum atomic E-state index is 12.7. The lowest BCUT2D eigenvalue weighted by Crippen LogP contribution is -2.02. The van der Waals surface area contributed by atoms with Gasteiger partial charge in [-0.15, -0.1) is 0 Å². The van der Waals surface area contributed by atoms with Crippen molar-refractivity contribution >= 4 is 15.6 Å². The van der Waals surface area contributed by atoms with Crippen molar-refractivity contribution in [1.29, 1.82) is 0 Å². The Hall–Kier alpha value is -4.08. The van der Waals surface area contributed by atoms with E-state index in [9.17, 15) is 10.2 Å². The number of hydrogen-bond acceptors (Lipinski definition) is 4. The molecule has 0 radical (unpaired) electrons. The highest BCUT2D eigenvalue weighted by molar-refractivity contribution is 7.45. The van der Waals surface area contributed by atoms with Gasteiger partial charge in [0, 0.05) is 22.3 Å². The highest BCUT2D eigenvalue weighted by atomic mass is 31.2. The molecule has 0 bridgehead atoms. The van der Waals surface area contributed by atoms with E-state index in [1.165, 1.54) is 0 Å². The van der Waals surface area contributed by atoms with E-state index in [1.807, 2.05) is 24.3 Å². The number of phenolic OH excluding ortho intramolecular Hbond substituents is 2. The smallest absolute Gasteiger partial charge is 0.466 e. The van der Waals surface area contributed by atoms with Gasteiger partial charge in [0.25, 0.3) is 0 Å². The molecule has 0 heterocycles. The van der Waals surface area contributed by atoms with Gasteiger partial charge < -0.3 is 39.6 Å². The lowest BCUT2D eigenvalue weighted by Gasteiger charge is -2.27. The van der Waals surface area contributed by atoms with Crippen molar-refractivity contribution in [2.75, 3.05) is 0 Å². The van der Waals surface area contributed by atoms with Crippen LogP contribution < -0.4 is 0 Å². The molecule has 0 saturated heterocycles. The van der Waals surface area contributed by atoms with Crippen LogP contribution in [0.25, 0.3) is 44.5 Å². The van der Waals surface area contributed by atoms with Crippen LogP contribution in [-0.4, -0.2) is 39.6 Å². The molecular weight excluding hydrogens is 678 g/mol. The van der Waals surface area contributed by atoms with Crippen LogP contribution in [0, 0.1) is 55.4 Å². The van der Waals surface area contributed by atoms with Crippen LogP contribution in [0.1, 0.15) is 44.5 Å². The summed E-state index contributed by atoms with van der Waals surface area (Å²) in [5.41, 5.74) is 14.9. The zero-order valence-corrected chi connectivity index (χ0v) is 31.0. The lowest BCUT2D eigenvalue weighted by atomic mass is 9.77. The van der Waals surface area contributed by atoms with E-state index >= 15 is 0 Å². The number of hydrogen-bond donors (Lipinski definition) is 8. The molecule has 50 heavy (non-hydrogen) atoms. The maximum absolute atomic E-state index is 12.7. The van der Waals surface area contributed by atoms with E-state index < -0.39 is 15.6 Å². The van der Waals surface area contributed by atoms with Gasteiger partial charge in [0.15, 0.2) is 0 Å². The first-order valence-corrected chi connectivity index (χ1v) is 18.6. The lowest BCUT2D eigenvalue weighted by molar-refractivity contribution is 0.272. The highest BCUT2D eigenvalue weighted by Crippen LogP contribution is 2.58. The monoisotopic (exact) mass is 722 g/mol. The predicted octanol–water partition coefficient (Wildman–Crippen LogP) is 8.38. The first-order chi connectivity index (χ1) is 23.0. The molecule has 10 nitrogen and oxygen atoms in total. The Bertz CT molecular complexity index is 1770. The summed E-state index contributed by atoms with van der Waals surface area (Å²) in [5, 5.41) is 25.3. The summed E-state index contributed by atoms with van der Waals surface area (Å²) in [5.74, 6) is 0.394. The van der Waals surface area contributed by atoms with Crippen LogP contribution in [0.15, 0.2) is 72.8 Å². The van der Waals surface area contributed by atoms with Gasteiger partial charge >= 0.3 is 15.6 Å². The van der Waals surface area contributed by atoms with Crippen LogP contribution >= 0.6 is 15.6 Å². The summed E-state index contributed by atoms with van der Waals surface area (Å²) in [6.07, 6.45) is 0. The third kappa shape index (κ3) is 9.58. The summed E-state index contributed by atoms with van der Waals surface area (Å²) >= 11 is 0. The minimum absolute atomic E-state index is 0.197. The van der Waals surface area contributed by atoms with Crippen LogP contribution in [0.3, 0.4) is 0 Å². The summed E-state index contributed by atoms with van der Waals surface area (Å²) in [7, 11) is -9.28. The van der Waals surface area contributed by atoms with E-state index in [1.54, 1.807) is 0 Å². The van der Waals surface area contributed by atoms with Crippen LogP contribution in [0.2, 0.25) is 0 Å². The summed E-state index contributed by atoms with van der Waals surface area (Å²) in [6, 6.07) is 24.8. The number of phenols is 2. The number of rotatable bonds is 4. The highest BCUT2D eigenvalue weighted by Gasteiger charge is 2.31. The van der Waals surface area contributed by atoms with Gasteiger partial charge in [0.2, 0.25) is 0 Å². The Kier molecular flexibility index (Phi) is 12.8. The number of aromatic hydroxyl groups is 2. The molecule has 0 unspecified atom stereocenters. The van der Waals surface area contributed by atoms with Crippen LogP contribution in [0.5, 0.6) is 11.5 Å². The third-order valence-electron chi connectivity index (χ3n) is 8.37. The molecule has 5 aromatic carbocycles. The molecule has 0 aromatic heterocycles. The van der Waals surface area contributed by atoms with Crippen molar-refractivity contribution in [3.63, 3.8) is 0 Å². The first-order valence-electron chi connectivity index (χ1n) is 15.5. The summed E-state index contributed by atoms with van der Waals surface area (Å²) in [4.78, 5) is 43.1. The van der Waals surface area contributed by atoms with Gasteiger partial charge in [-0.1, -0.05) is 72.8 Å². The average Bonchev–Trinajstić information content (AvgIpc) is 2.95. The summed E-state index contributed by atoms with van der Waals surface area (Å²) in [6.45, 7) is 16.6. The van der Waals surface area contributed by atoms with Crippen molar-refractivity contribution in [3.8, 4) is 56.0 Å². The molecule has 0 spiro atoms.